The van der Waals surface area contributed by atoms with Gasteiger partial charge in [-0.2, -0.15) is 4.98 Å². The van der Waals surface area contributed by atoms with E-state index in [1.807, 2.05) is 4.90 Å². The molecule has 0 aliphatic carbocycles. The van der Waals surface area contributed by atoms with Gasteiger partial charge >= 0.3 is 0 Å². The molecule has 1 aromatic heterocycles. The fourth-order valence-electron chi connectivity index (χ4n) is 4.71. The van der Waals surface area contributed by atoms with Gasteiger partial charge in [-0.25, -0.2) is 17.1 Å². The number of likely N-dealkylation sites (tertiary alicyclic amines) is 1. The van der Waals surface area contributed by atoms with Gasteiger partial charge in [-0.05, 0) is 56.2 Å². The van der Waals surface area contributed by atoms with Crippen LogP contribution in [0.15, 0.2) is 22.7 Å². The summed E-state index contributed by atoms with van der Waals surface area (Å²) < 4.78 is 44.6. The Morgan fingerprint density at radius 1 is 1.31 bits per heavy atom. The minimum Gasteiger partial charge on any atom is -0.338 e. The zero-order valence-electron chi connectivity index (χ0n) is 18.5. The van der Waals surface area contributed by atoms with Gasteiger partial charge in [0.25, 0.3) is 0 Å². The van der Waals surface area contributed by atoms with Gasteiger partial charge in [0.2, 0.25) is 21.8 Å². The third-order valence-electron chi connectivity index (χ3n) is 6.49. The Bertz CT molecular complexity index is 1110. The number of nitrogens with one attached hydrogen (secondary N) is 1. The molecule has 1 atom stereocenters. The van der Waals surface area contributed by atoms with E-state index in [0.717, 1.165) is 0 Å². The Balaban J connectivity index is 1.49. The molecular formula is C21H28FN5O4S. The lowest BCUT2D eigenvalue weighted by Gasteiger charge is -2.38. The highest BCUT2D eigenvalue weighted by atomic mass is 32.2. The maximum atomic E-state index is 13.8. The standard InChI is InChI=1S/C21H28FN5O4S/c1-14-4-5-16(10-17(14)22)24-19(28)12-26-13-21(6-8-27(9-7-21)32(3,29)30)11-18(26)20-23-15(2)25-31-20/h4-5,10,18H,6-9,11-13H2,1-3H3,(H,24,28). The third kappa shape index (κ3) is 4.84. The molecule has 9 nitrogen and oxygen atoms in total. The maximum Gasteiger partial charge on any atom is 0.244 e. The number of benzene rings is 1. The van der Waals surface area contributed by atoms with E-state index < -0.39 is 10.0 Å². The van der Waals surface area contributed by atoms with Crippen LogP contribution >= 0.6 is 0 Å². The van der Waals surface area contributed by atoms with E-state index in [0.29, 0.717) is 61.9 Å². The zero-order chi connectivity index (χ0) is 23.1. The first-order valence-electron chi connectivity index (χ1n) is 10.6. The Kier molecular flexibility index (Phi) is 6.08. The number of hydrogen-bond donors (Lipinski definition) is 1. The number of aryl methyl sites for hydroxylation is 2. The molecule has 2 fully saturated rings. The number of amides is 1. The summed E-state index contributed by atoms with van der Waals surface area (Å²) in [4.78, 5) is 19.2. The number of hydrogen-bond acceptors (Lipinski definition) is 7. The second-order valence-corrected chi connectivity index (χ2v) is 11.0. The summed E-state index contributed by atoms with van der Waals surface area (Å²) in [5, 5.41) is 6.65. The Morgan fingerprint density at radius 2 is 2.03 bits per heavy atom. The van der Waals surface area contributed by atoms with Crippen molar-refractivity contribution in [2.45, 2.75) is 39.2 Å². The summed E-state index contributed by atoms with van der Waals surface area (Å²) in [6.07, 6.45) is 3.34. The van der Waals surface area contributed by atoms with Gasteiger partial charge in [0.05, 0.1) is 18.8 Å². The predicted octanol–water partition coefficient (Wildman–Crippen LogP) is 2.25. The highest BCUT2D eigenvalue weighted by molar-refractivity contribution is 7.88. The average Bonchev–Trinajstić information content (AvgIpc) is 3.28. The van der Waals surface area contributed by atoms with Crippen molar-refractivity contribution in [2.75, 3.05) is 37.8 Å². The molecule has 0 saturated carbocycles. The molecule has 4 rings (SSSR count). The van der Waals surface area contributed by atoms with Crippen molar-refractivity contribution in [3.63, 3.8) is 0 Å². The van der Waals surface area contributed by atoms with Crippen molar-refractivity contribution in [3.8, 4) is 0 Å². The van der Waals surface area contributed by atoms with Gasteiger partial charge in [-0.3, -0.25) is 9.69 Å². The molecule has 3 heterocycles. The number of aromatic nitrogens is 2. The van der Waals surface area contributed by atoms with Crippen molar-refractivity contribution in [1.29, 1.82) is 0 Å². The number of anilines is 1. The second kappa shape index (κ2) is 8.53. The molecule has 2 aliphatic heterocycles. The van der Waals surface area contributed by atoms with Gasteiger partial charge < -0.3 is 9.84 Å². The van der Waals surface area contributed by atoms with E-state index in [9.17, 15) is 17.6 Å². The van der Waals surface area contributed by atoms with Gasteiger partial charge in [0, 0.05) is 25.3 Å². The molecule has 1 unspecified atom stereocenters. The lowest BCUT2D eigenvalue weighted by atomic mass is 9.77. The molecule has 32 heavy (non-hydrogen) atoms. The van der Waals surface area contributed by atoms with E-state index in [1.54, 1.807) is 26.0 Å². The van der Waals surface area contributed by atoms with Crippen molar-refractivity contribution < 1.29 is 22.1 Å². The molecule has 1 aromatic carbocycles. The van der Waals surface area contributed by atoms with Crippen LogP contribution in [0.1, 0.15) is 42.6 Å². The van der Waals surface area contributed by atoms with Crippen LogP contribution in [0.4, 0.5) is 10.1 Å². The first-order valence-corrected chi connectivity index (χ1v) is 12.4. The smallest absolute Gasteiger partial charge is 0.244 e. The highest BCUT2D eigenvalue weighted by Gasteiger charge is 2.49. The van der Waals surface area contributed by atoms with Crippen LogP contribution in [0.5, 0.6) is 0 Å². The predicted molar refractivity (Wildman–Crippen MR) is 116 cm³/mol. The number of carbonyl (C=O) groups is 1. The van der Waals surface area contributed by atoms with Gasteiger partial charge in [-0.15, -0.1) is 0 Å². The SMILES string of the molecule is Cc1noc(C2CC3(CCN(S(C)(=O)=O)CC3)CN2CC(=O)Nc2ccc(C)c(F)c2)n1. The van der Waals surface area contributed by atoms with Crippen molar-refractivity contribution in [1.82, 2.24) is 19.3 Å². The van der Waals surface area contributed by atoms with Crippen molar-refractivity contribution in [3.05, 3.63) is 41.3 Å². The zero-order valence-corrected chi connectivity index (χ0v) is 19.3. The molecule has 11 heteroatoms. The number of piperidine rings is 1. The third-order valence-corrected chi connectivity index (χ3v) is 7.79. The summed E-state index contributed by atoms with van der Waals surface area (Å²) >= 11 is 0. The molecule has 1 amide bonds. The number of rotatable bonds is 5. The molecule has 174 valence electrons. The van der Waals surface area contributed by atoms with E-state index in [4.69, 9.17) is 4.52 Å². The first kappa shape index (κ1) is 22.8. The van der Waals surface area contributed by atoms with Crippen molar-refractivity contribution in [2.24, 2.45) is 5.41 Å². The number of nitrogens with zero attached hydrogens (tertiary/aromatic N) is 4. The van der Waals surface area contributed by atoms with Crippen LogP contribution in [0, 0.1) is 25.1 Å². The normalized spacial score (nSPS) is 21.8. The van der Waals surface area contributed by atoms with Crippen molar-refractivity contribution >= 4 is 21.6 Å². The minimum atomic E-state index is -3.22. The topological polar surface area (TPSA) is 109 Å². The average molecular weight is 466 g/mol. The maximum absolute atomic E-state index is 13.8. The minimum absolute atomic E-state index is 0.0825. The quantitative estimate of drug-likeness (QED) is 0.721. The molecule has 2 aromatic rings. The molecule has 1 spiro atoms. The molecule has 0 bridgehead atoms. The number of halogens is 1. The van der Waals surface area contributed by atoms with E-state index in [1.165, 1.54) is 16.6 Å². The molecule has 0 radical (unpaired) electrons. The Hall–Kier alpha value is -2.37. The number of carbonyl (C=O) groups excluding carboxylic acids is 1. The number of sulfonamides is 1. The Labute approximate surface area is 187 Å². The fraction of sp³-hybridized carbons (Fsp3) is 0.571. The van der Waals surface area contributed by atoms with E-state index in [2.05, 4.69) is 15.5 Å². The summed E-state index contributed by atoms with van der Waals surface area (Å²) in [5.74, 6) is 0.339. The van der Waals surface area contributed by atoms with Crippen LogP contribution in [-0.4, -0.2) is 66.1 Å². The van der Waals surface area contributed by atoms with Crippen LogP contribution in [-0.2, 0) is 14.8 Å². The second-order valence-electron chi connectivity index (χ2n) is 8.98. The van der Waals surface area contributed by atoms with E-state index >= 15 is 0 Å². The van der Waals surface area contributed by atoms with Crippen LogP contribution in [0.2, 0.25) is 0 Å². The first-order chi connectivity index (χ1) is 15.0. The van der Waals surface area contributed by atoms with Crippen LogP contribution in [0.3, 0.4) is 0 Å². The largest absolute Gasteiger partial charge is 0.338 e. The van der Waals surface area contributed by atoms with Gasteiger partial charge in [0.15, 0.2) is 5.82 Å². The van der Waals surface area contributed by atoms with Crippen LogP contribution < -0.4 is 5.32 Å². The summed E-state index contributed by atoms with van der Waals surface area (Å²) in [6, 6.07) is 4.36. The molecule has 2 saturated heterocycles. The van der Waals surface area contributed by atoms with Gasteiger partial charge in [-0.1, -0.05) is 11.2 Å². The molecule has 1 N–H and O–H groups in total. The van der Waals surface area contributed by atoms with Crippen LogP contribution in [0.25, 0.3) is 0 Å². The van der Waals surface area contributed by atoms with E-state index in [-0.39, 0.29) is 29.7 Å². The monoisotopic (exact) mass is 465 g/mol. The summed E-state index contributed by atoms with van der Waals surface area (Å²) in [6.45, 7) is 5.02. The summed E-state index contributed by atoms with van der Waals surface area (Å²) in [5.41, 5.74) is 0.778. The van der Waals surface area contributed by atoms with Gasteiger partial charge in [0.1, 0.15) is 5.82 Å². The Morgan fingerprint density at radius 3 is 2.62 bits per heavy atom. The highest BCUT2D eigenvalue weighted by Crippen LogP contribution is 2.48. The molecule has 2 aliphatic rings. The summed E-state index contributed by atoms with van der Waals surface area (Å²) in [7, 11) is -3.22. The fourth-order valence-corrected chi connectivity index (χ4v) is 5.56. The molecular weight excluding hydrogens is 437 g/mol. The lowest BCUT2D eigenvalue weighted by molar-refractivity contribution is -0.117. The lowest BCUT2D eigenvalue weighted by Crippen LogP contribution is -2.44.